The number of pyridine rings is 4. The second kappa shape index (κ2) is 10.8. The summed E-state index contributed by atoms with van der Waals surface area (Å²) < 4.78 is 0. The SMILES string of the molecule is N=C1C(c2cncc(-c3ccccn3)c2)=CC(c2cncc(-c3ccccn3)c2)=C/C1=N/Nc1ccccc1. The number of hydrogen-bond donors (Lipinski definition) is 2. The number of aromatic nitrogens is 4. The summed E-state index contributed by atoms with van der Waals surface area (Å²) in [5.74, 6) is 0. The molecule has 0 spiro atoms. The highest BCUT2D eigenvalue weighted by Crippen LogP contribution is 2.31. The lowest BCUT2D eigenvalue weighted by molar-refractivity contribution is 1.26. The lowest BCUT2D eigenvalue weighted by atomic mass is 9.88. The Morgan fingerprint density at radius 2 is 1.21 bits per heavy atom. The van der Waals surface area contributed by atoms with Crippen molar-refractivity contribution in [2.45, 2.75) is 0 Å². The second-order valence-corrected chi connectivity index (χ2v) is 8.86. The Labute approximate surface area is 225 Å². The summed E-state index contributed by atoms with van der Waals surface area (Å²) in [7, 11) is 0. The standard InChI is InChI=1S/C32H23N7/c33-32-28(24-15-26(21-35-19-24)30-11-5-7-13-37-30)16-22(17-31(32)39-38-27-8-2-1-3-9-27)23-14-25(20-34-18-23)29-10-4-6-12-36-29/h1-21,33,38H/b33-32?,39-31-. The van der Waals surface area contributed by atoms with Gasteiger partial charge < -0.3 is 0 Å². The lowest BCUT2D eigenvalue weighted by Crippen LogP contribution is -2.18. The van der Waals surface area contributed by atoms with E-state index < -0.39 is 0 Å². The maximum absolute atomic E-state index is 9.06. The van der Waals surface area contributed by atoms with E-state index in [-0.39, 0.29) is 5.71 Å². The van der Waals surface area contributed by atoms with E-state index in [0.717, 1.165) is 44.9 Å². The molecule has 0 amide bonds. The zero-order valence-corrected chi connectivity index (χ0v) is 20.9. The number of nitrogens with one attached hydrogen (secondary N) is 2. The molecule has 0 bridgehead atoms. The van der Waals surface area contributed by atoms with Crippen LogP contribution in [0.2, 0.25) is 0 Å². The largest absolute Gasteiger partial charge is 0.298 e. The number of hydrazone groups is 1. The van der Waals surface area contributed by atoms with Gasteiger partial charge in [0, 0.05) is 65.0 Å². The molecule has 1 aliphatic carbocycles. The van der Waals surface area contributed by atoms with Crippen LogP contribution in [0.4, 0.5) is 5.69 Å². The van der Waals surface area contributed by atoms with E-state index in [9.17, 15) is 0 Å². The second-order valence-electron chi connectivity index (χ2n) is 8.86. The molecule has 39 heavy (non-hydrogen) atoms. The van der Waals surface area contributed by atoms with Gasteiger partial charge >= 0.3 is 0 Å². The van der Waals surface area contributed by atoms with E-state index in [1.807, 2.05) is 91.1 Å². The minimum absolute atomic E-state index is 0.288. The summed E-state index contributed by atoms with van der Waals surface area (Å²) in [5, 5.41) is 13.7. The van der Waals surface area contributed by atoms with Gasteiger partial charge in [0.05, 0.1) is 22.8 Å². The fraction of sp³-hybridized carbons (Fsp3) is 0. The Morgan fingerprint density at radius 3 is 1.85 bits per heavy atom. The summed E-state index contributed by atoms with van der Waals surface area (Å²) in [6.07, 6.45) is 14.6. The monoisotopic (exact) mass is 505 g/mol. The molecule has 2 N–H and O–H groups in total. The Bertz CT molecular complexity index is 1720. The minimum Gasteiger partial charge on any atom is -0.298 e. The fourth-order valence-corrected chi connectivity index (χ4v) is 4.28. The van der Waals surface area contributed by atoms with E-state index in [0.29, 0.717) is 11.3 Å². The van der Waals surface area contributed by atoms with Crippen molar-refractivity contribution in [1.29, 1.82) is 5.41 Å². The van der Waals surface area contributed by atoms with Gasteiger partial charge in [-0.1, -0.05) is 30.3 Å². The molecule has 0 radical (unpaired) electrons. The third-order valence-corrected chi connectivity index (χ3v) is 6.24. The quantitative estimate of drug-likeness (QED) is 0.201. The molecule has 0 aliphatic heterocycles. The predicted molar refractivity (Wildman–Crippen MR) is 156 cm³/mol. The Morgan fingerprint density at radius 1 is 0.615 bits per heavy atom. The molecule has 6 rings (SSSR count). The molecule has 7 nitrogen and oxygen atoms in total. The zero-order valence-electron chi connectivity index (χ0n) is 20.9. The summed E-state index contributed by atoms with van der Waals surface area (Å²) in [4.78, 5) is 17.9. The predicted octanol–water partition coefficient (Wildman–Crippen LogP) is 6.57. The highest BCUT2D eigenvalue weighted by atomic mass is 15.3. The summed E-state index contributed by atoms with van der Waals surface area (Å²) >= 11 is 0. The molecule has 0 atom stereocenters. The van der Waals surface area contributed by atoms with Crippen LogP contribution in [-0.4, -0.2) is 31.4 Å². The molecule has 1 aliphatic rings. The van der Waals surface area contributed by atoms with Crippen molar-refractivity contribution >= 4 is 28.3 Å². The van der Waals surface area contributed by atoms with Crippen LogP contribution in [0.1, 0.15) is 11.1 Å². The van der Waals surface area contributed by atoms with Crippen molar-refractivity contribution in [3.8, 4) is 22.5 Å². The van der Waals surface area contributed by atoms with Crippen molar-refractivity contribution in [3.05, 3.63) is 139 Å². The number of nitrogens with zero attached hydrogens (tertiary/aromatic N) is 5. The molecule has 4 heterocycles. The Kier molecular flexibility index (Phi) is 6.61. The van der Waals surface area contributed by atoms with Gasteiger partial charge in [-0.15, -0.1) is 0 Å². The third-order valence-electron chi connectivity index (χ3n) is 6.24. The zero-order chi connectivity index (χ0) is 26.4. The van der Waals surface area contributed by atoms with Crippen LogP contribution in [0.5, 0.6) is 0 Å². The minimum atomic E-state index is 0.288. The van der Waals surface area contributed by atoms with E-state index in [1.54, 1.807) is 31.0 Å². The van der Waals surface area contributed by atoms with Crippen LogP contribution in [0.25, 0.3) is 33.7 Å². The van der Waals surface area contributed by atoms with Crippen molar-refractivity contribution in [3.63, 3.8) is 0 Å². The van der Waals surface area contributed by atoms with Crippen molar-refractivity contribution < 1.29 is 0 Å². The van der Waals surface area contributed by atoms with Crippen LogP contribution in [0, 0.1) is 5.41 Å². The van der Waals surface area contributed by atoms with Crippen LogP contribution < -0.4 is 5.43 Å². The highest BCUT2D eigenvalue weighted by molar-refractivity contribution is 6.62. The summed E-state index contributed by atoms with van der Waals surface area (Å²) in [5.41, 5.74) is 11.4. The van der Waals surface area contributed by atoms with Crippen molar-refractivity contribution in [2.24, 2.45) is 5.10 Å². The Balaban J connectivity index is 1.44. The first-order chi connectivity index (χ1) is 19.2. The van der Waals surface area contributed by atoms with Crippen LogP contribution in [0.3, 0.4) is 0 Å². The van der Waals surface area contributed by atoms with Gasteiger partial charge in [0.1, 0.15) is 5.71 Å². The Hall–Kier alpha value is -5.56. The topological polar surface area (TPSA) is 99.8 Å². The highest BCUT2D eigenvalue weighted by Gasteiger charge is 2.21. The molecule has 1 aromatic carbocycles. The maximum Gasteiger partial charge on any atom is 0.109 e. The number of rotatable bonds is 6. The van der Waals surface area contributed by atoms with E-state index >= 15 is 0 Å². The smallest absolute Gasteiger partial charge is 0.109 e. The molecular weight excluding hydrogens is 482 g/mol. The average molecular weight is 506 g/mol. The van der Waals surface area contributed by atoms with Gasteiger partial charge in [-0.05, 0) is 66.3 Å². The van der Waals surface area contributed by atoms with Crippen molar-refractivity contribution in [2.75, 3.05) is 5.43 Å². The molecular formula is C32H23N7. The molecule has 7 heteroatoms. The maximum atomic E-state index is 9.06. The fourth-order valence-electron chi connectivity index (χ4n) is 4.28. The first kappa shape index (κ1) is 23.8. The molecule has 0 fully saturated rings. The number of allylic oxidation sites excluding steroid dienone is 4. The summed E-state index contributed by atoms with van der Waals surface area (Å²) in [6, 6.07) is 25.3. The normalized spacial score (nSPS) is 14.1. The van der Waals surface area contributed by atoms with Crippen LogP contribution >= 0.6 is 0 Å². The molecule has 0 saturated carbocycles. The lowest BCUT2D eigenvalue weighted by Gasteiger charge is -2.18. The van der Waals surface area contributed by atoms with E-state index in [4.69, 9.17) is 5.41 Å². The molecule has 5 aromatic rings. The molecule has 0 unspecified atom stereocenters. The molecule has 0 saturated heterocycles. The third kappa shape index (κ3) is 5.28. The van der Waals surface area contributed by atoms with Gasteiger partial charge in [-0.3, -0.25) is 30.8 Å². The first-order valence-electron chi connectivity index (χ1n) is 12.4. The number of hydrogen-bond acceptors (Lipinski definition) is 7. The molecule has 186 valence electrons. The van der Waals surface area contributed by atoms with Gasteiger partial charge in [0.15, 0.2) is 0 Å². The van der Waals surface area contributed by atoms with E-state index in [1.165, 1.54) is 0 Å². The van der Waals surface area contributed by atoms with E-state index in [2.05, 4.69) is 36.5 Å². The summed E-state index contributed by atoms with van der Waals surface area (Å²) in [6.45, 7) is 0. The average Bonchev–Trinajstić information content (AvgIpc) is 3.02. The van der Waals surface area contributed by atoms with Crippen molar-refractivity contribution in [1.82, 2.24) is 19.9 Å². The number of benzene rings is 1. The van der Waals surface area contributed by atoms with Gasteiger partial charge in [0.2, 0.25) is 0 Å². The van der Waals surface area contributed by atoms with Crippen LogP contribution in [-0.2, 0) is 0 Å². The molecule has 4 aromatic heterocycles. The van der Waals surface area contributed by atoms with Gasteiger partial charge in [-0.2, -0.15) is 5.10 Å². The van der Waals surface area contributed by atoms with Crippen LogP contribution in [0.15, 0.2) is 133 Å². The number of para-hydroxylation sites is 1. The van der Waals surface area contributed by atoms with Gasteiger partial charge in [0.25, 0.3) is 0 Å². The van der Waals surface area contributed by atoms with Gasteiger partial charge in [-0.25, -0.2) is 0 Å². The first-order valence-corrected chi connectivity index (χ1v) is 12.4. The number of anilines is 1.